The third kappa shape index (κ3) is 3.95. The van der Waals surface area contributed by atoms with E-state index >= 15 is 0 Å². The molecule has 1 aliphatic rings. The maximum atomic E-state index is 11.8. The maximum absolute atomic E-state index is 11.8. The van der Waals surface area contributed by atoms with Gasteiger partial charge >= 0.3 is 0 Å². The second-order valence-electron chi connectivity index (χ2n) is 5.28. The van der Waals surface area contributed by atoms with E-state index in [0.717, 1.165) is 6.54 Å². The molecule has 1 saturated carbocycles. The highest BCUT2D eigenvalue weighted by Gasteiger charge is 2.31. The summed E-state index contributed by atoms with van der Waals surface area (Å²) < 4.78 is 23.6. The summed E-state index contributed by atoms with van der Waals surface area (Å²) in [4.78, 5) is 13.9. The van der Waals surface area contributed by atoms with E-state index in [4.69, 9.17) is 0 Å². The van der Waals surface area contributed by atoms with Crippen molar-refractivity contribution >= 4 is 15.7 Å². The van der Waals surface area contributed by atoms with E-state index in [-0.39, 0.29) is 0 Å². The first-order valence-corrected chi connectivity index (χ1v) is 8.08. The van der Waals surface area contributed by atoms with Gasteiger partial charge in [0.15, 0.2) is 9.84 Å². The van der Waals surface area contributed by atoms with E-state index in [9.17, 15) is 13.2 Å². The molecule has 1 rings (SSSR count). The number of carbonyl (C=O) groups is 1. The van der Waals surface area contributed by atoms with E-state index in [1.807, 2.05) is 7.05 Å². The molecule has 18 heavy (non-hydrogen) atoms. The number of hydrogen-bond donors (Lipinski definition) is 1. The van der Waals surface area contributed by atoms with Crippen LogP contribution in [0.4, 0.5) is 0 Å². The van der Waals surface area contributed by atoms with Crippen LogP contribution in [0.5, 0.6) is 0 Å². The summed E-state index contributed by atoms with van der Waals surface area (Å²) in [5.74, 6) is -0.395. The fourth-order valence-electron chi connectivity index (χ4n) is 1.75. The van der Waals surface area contributed by atoms with Gasteiger partial charge in [-0.15, -0.1) is 0 Å². The first-order chi connectivity index (χ1) is 8.26. The molecule has 0 saturated heterocycles. The lowest BCUT2D eigenvalue weighted by atomic mass is 10.4. The van der Waals surface area contributed by atoms with Crippen LogP contribution in [0.15, 0.2) is 0 Å². The lowest BCUT2D eigenvalue weighted by Crippen LogP contribution is -2.43. The zero-order valence-electron chi connectivity index (χ0n) is 11.6. The predicted molar refractivity (Wildman–Crippen MR) is 72.2 cm³/mol. The molecule has 1 aliphatic carbocycles. The number of likely N-dealkylation sites (N-methyl/N-ethyl adjacent to an activating group) is 1. The molecule has 6 heteroatoms. The third-order valence-electron chi connectivity index (χ3n) is 3.45. The Hall–Kier alpha value is -0.620. The van der Waals surface area contributed by atoms with Gasteiger partial charge in [0.05, 0.1) is 5.25 Å². The molecule has 1 amide bonds. The highest BCUT2D eigenvalue weighted by atomic mass is 32.2. The Kier molecular flexibility index (Phi) is 5.16. The molecule has 106 valence electrons. The smallest absolute Gasteiger partial charge is 0.238 e. The zero-order chi connectivity index (χ0) is 13.9. The van der Waals surface area contributed by atoms with Gasteiger partial charge in [0.1, 0.15) is 5.25 Å². The van der Waals surface area contributed by atoms with Gasteiger partial charge < -0.3 is 10.2 Å². The molecule has 5 nitrogen and oxygen atoms in total. The van der Waals surface area contributed by atoms with Gasteiger partial charge in [-0.2, -0.15) is 0 Å². The van der Waals surface area contributed by atoms with Crippen molar-refractivity contribution < 1.29 is 13.2 Å². The number of hydrogen-bond acceptors (Lipinski definition) is 4. The topological polar surface area (TPSA) is 66.5 Å². The molecule has 0 bridgehead atoms. The fraction of sp³-hybridized carbons (Fsp3) is 0.917. The van der Waals surface area contributed by atoms with Crippen LogP contribution in [0.1, 0.15) is 33.6 Å². The lowest BCUT2D eigenvalue weighted by molar-refractivity contribution is -0.120. The minimum Gasteiger partial charge on any atom is -0.354 e. The van der Waals surface area contributed by atoms with Crippen LogP contribution in [0.25, 0.3) is 0 Å². The molecular weight excluding hydrogens is 252 g/mol. The molecule has 0 spiro atoms. The first-order valence-electron chi connectivity index (χ1n) is 6.47. The molecule has 1 N–H and O–H groups in total. The van der Waals surface area contributed by atoms with Crippen LogP contribution in [0.3, 0.4) is 0 Å². The van der Waals surface area contributed by atoms with Crippen molar-refractivity contribution in [3.8, 4) is 0 Å². The van der Waals surface area contributed by atoms with Crippen LogP contribution in [0.2, 0.25) is 0 Å². The number of sulfone groups is 1. The van der Waals surface area contributed by atoms with Crippen molar-refractivity contribution in [3.05, 3.63) is 0 Å². The molecule has 1 unspecified atom stereocenters. The van der Waals surface area contributed by atoms with Crippen molar-refractivity contribution in [3.63, 3.8) is 0 Å². The molecule has 0 radical (unpaired) electrons. The highest BCUT2D eigenvalue weighted by molar-refractivity contribution is 7.93. The van der Waals surface area contributed by atoms with E-state index < -0.39 is 26.2 Å². The Bertz CT molecular complexity index is 388. The molecule has 0 aromatic heterocycles. The van der Waals surface area contributed by atoms with E-state index in [1.54, 1.807) is 13.8 Å². The summed E-state index contributed by atoms with van der Waals surface area (Å²) in [6.07, 6.45) is 2.45. The average Bonchev–Trinajstić information content (AvgIpc) is 3.11. The van der Waals surface area contributed by atoms with Gasteiger partial charge in [-0.05, 0) is 40.7 Å². The fourth-order valence-corrected chi connectivity index (χ4v) is 2.95. The van der Waals surface area contributed by atoms with Crippen LogP contribution in [-0.4, -0.2) is 55.9 Å². The van der Waals surface area contributed by atoms with Gasteiger partial charge in [0.2, 0.25) is 5.91 Å². The number of nitrogens with one attached hydrogen (secondary N) is 1. The molecule has 1 fully saturated rings. The molecule has 0 heterocycles. The quantitative estimate of drug-likeness (QED) is 0.731. The van der Waals surface area contributed by atoms with Crippen LogP contribution in [0, 0.1) is 0 Å². The van der Waals surface area contributed by atoms with Crippen molar-refractivity contribution in [2.75, 3.05) is 20.1 Å². The Balaban J connectivity index is 2.35. The molecule has 0 aromatic carbocycles. The number of carbonyl (C=O) groups excluding carboxylic acids is 1. The van der Waals surface area contributed by atoms with Crippen molar-refractivity contribution in [2.45, 2.75) is 50.2 Å². The Labute approximate surface area is 110 Å². The van der Waals surface area contributed by atoms with Crippen LogP contribution in [-0.2, 0) is 14.6 Å². The number of nitrogens with zero attached hydrogens (tertiary/aromatic N) is 1. The van der Waals surface area contributed by atoms with Gasteiger partial charge in [0, 0.05) is 19.1 Å². The SMILES string of the molecule is CC(C)S(=O)(=O)C(C)C(=O)NCCN(C)C1CC1. The normalized spacial score (nSPS) is 18.1. The standard InChI is InChI=1S/C12H24N2O3S/c1-9(2)18(16,17)10(3)12(15)13-7-8-14(4)11-5-6-11/h9-11H,5-8H2,1-4H3,(H,13,15). The Morgan fingerprint density at radius 2 is 1.89 bits per heavy atom. The van der Waals surface area contributed by atoms with Crippen molar-refractivity contribution in [1.29, 1.82) is 0 Å². The van der Waals surface area contributed by atoms with Crippen LogP contribution < -0.4 is 5.32 Å². The number of amides is 1. The molecule has 1 atom stereocenters. The van der Waals surface area contributed by atoms with Gasteiger partial charge in [0.25, 0.3) is 0 Å². The molecular formula is C12H24N2O3S. The predicted octanol–water partition coefficient (Wildman–Crippen LogP) is 0.409. The Morgan fingerprint density at radius 3 is 2.33 bits per heavy atom. The van der Waals surface area contributed by atoms with E-state index in [2.05, 4.69) is 10.2 Å². The number of rotatable bonds is 7. The second-order valence-corrected chi connectivity index (χ2v) is 8.11. The summed E-state index contributed by atoms with van der Waals surface area (Å²) in [6.45, 7) is 5.92. The summed E-state index contributed by atoms with van der Waals surface area (Å²) in [7, 11) is -1.33. The van der Waals surface area contributed by atoms with Gasteiger partial charge in [-0.25, -0.2) is 8.42 Å². The van der Waals surface area contributed by atoms with Gasteiger partial charge in [-0.3, -0.25) is 4.79 Å². The van der Waals surface area contributed by atoms with E-state index in [0.29, 0.717) is 12.6 Å². The third-order valence-corrected chi connectivity index (χ3v) is 5.97. The second kappa shape index (κ2) is 6.02. The maximum Gasteiger partial charge on any atom is 0.238 e. The summed E-state index contributed by atoms with van der Waals surface area (Å²) in [5.41, 5.74) is 0. The van der Waals surface area contributed by atoms with Crippen LogP contribution >= 0.6 is 0 Å². The molecule has 0 aromatic rings. The minimum atomic E-state index is -3.36. The largest absolute Gasteiger partial charge is 0.354 e. The first kappa shape index (κ1) is 15.4. The average molecular weight is 276 g/mol. The van der Waals surface area contributed by atoms with E-state index in [1.165, 1.54) is 19.8 Å². The summed E-state index contributed by atoms with van der Waals surface area (Å²) >= 11 is 0. The summed E-state index contributed by atoms with van der Waals surface area (Å²) in [5, 5.41) is 1.21. The minimum absolute atomic E-state index is 0.395. The lowest BCUT2D eigenvalue weighted by Gasteiger charge is -2.18. The zero-order valence-corrected chi connectivity index (χ0v) is 12.5. The molecule has 0 aliphatic heterocycles. The Morgan fingerprint density at radius 1 is 1.33 bits per heavy atom. The van der Waals surface area contributed by atoms with Crippen molar-refractivity contribution in [1.82, 2.24) is 10.2 Å². The highest BCUT2D eigenvalue weighted by Crippen LogP contribution is 2.24. The monoisotopic (exact) mass is 276 g/mol. The summed E-state index contributed by atoms with van der Waals surface area (Å²) in [6, 6.07) is 0.652. The van der Waals surface area contributed by atoms with Gasteiger partial charge in [-0.1, -0.05) is 0 Å². The van der Waals surface area contributed by atoms with Crippen molar-refractivity contribution in [2.24, 2.45) is 0 Å².